The molecule has 0 bridgehead atoms. The predicted octanol–water partition coefficient (Wildman–Crippen LogP) is 3.37. The molecule has 0 radical (unpaired) electrons. The molecular formula is C17H13FN4O4S. The van der Waals surface area contributed by atoms with Gasteiger partial charge in [0, 0.05) is 18.7 Å². The Morgan fingerprint density at radius 3 is 2.78 bits per heavy atom. The fourth-order valence-corrected chi connectivity index (χ4v) is 3.03. The Hall–Kier alpha value is -3.27. The molecule has 0 aliphatic rings. The van der Waals surface area contributed by atoms with E-state index in [1.807, 2.05) is 0 Å². The van der Waals surface area contributed by atoms with Crippen molar-refractivity contribution in [3.63, 3.8) is 0 Å². The third-order valence-electron chi connectivity index (χ3n) is 3.58. The number of hydrogen-bond donors (Lipinski definition) is 0. The van der Waals surface area contributed by atoms with Crippen LogP contribution in [-0.4, -0.2) is 25.7 Å². The minimum Gasteiger partial charge on any atom is -0.457 e. The van der Waals surface area contributed by atoms with Gasteiger partial charge in [-0.05, 0) is 30.0 Å². The van der Waals surface area contributed by atoms with Crippen molar-refractivity contribution in [1.82, 2.24) is 14.8 Å². The minimum absolute atomic E-state index is 0.000328. The number of nitro benzene ring substituents is 1. The number of rotatable bonds is 6. The van der Waals surface area contributed by atoms with Gasteiger partial charge in [-0.15, -0.1) is 10.2 Å². The van der Waals surface area contributed by atoms with Crippen molar-refractivity contribution in [1.29, 1.82) is 0 Å². The van der Waals surface area contributed by atoms with Gasteiger partial charge >= 0.3 is 5.97 Å². The number of aryl methyl sites for hydroxylation is 1. The number of halogens is 1. The normalized spacial score (nSPS) is 10.6. The van der Waals surface area contributed by atoms with Gasteiger partial charge < -0.3 is 9.30 Å². The maximum atomic E-state index is 13.6. The number of esters is 1. The lowest BCUT2D eigenvalue weighted by molar-refractivity contribution is -0.387. The SMILES string of the molecule is Cn1cnnc1Sc1ccc(C(=O)OCc2ccccc2F)cc1[N+](=O)[O-]. The highest BCUT2D eigenvalue weighted by Gasteiger charge is 2.21. The fourth-order valence-electron chi connectivity index (χ4n) is 2.18. The summed E-state index contributed by atoms with van der Waals surface area (Å²) < 4.78 is 20.3. The molecule has 0 saturated carbocycles. The van der Waals surface area contributed by atoms with Crippen molar-refractivity contribution in [2.24, 2.45) is 7.05 Å². The monoisotopic (exact) mass is 388 g/mol. The number of nitro groups is 1. The largest absolute Gasteiger partial charge is 0.457 e. The van der Waals surface area contributed by atoms with E-state index in [9.17, 15) is 19.3 Å². The third kappa shape index (κ3) is 4.29. The highest BCUT2D eigenvalue weighted by atomic mass is 32.2. The van der Waals surface area contributed by atoms with Gasteiger partial charge in [-0.3, -0.25) is 10.1 Å². The Bertz CT molecular complexity index is 1010. The first kappa shape index (κ1) is 18.5. The Labute approximate surface area is 157 Å². The summed E-state index contributed by atoms with van der Waals surface area (Å²) in [5.41, 5.74) is -0.0431. The van der Waals surface area contributed by atoms with Crippen LogP contribution < -0.4 is 0 Å². The molecule has 0 aliphatic carbocycles. The van der Waals surface area contributed by atoms with Crippen molar-refractivity contribution in [2.75, 3.05) is 0 Å². The summed E-state index contributed by atoms with van der Waals surface area (Å²) in [5, 5.41) is 19.4. The second-order valence-corrected chi connectivity index (χ2v) is 6.44. The maximum Gasteiger partial charge on any atom is 0.338 e. The Morgan fingerprint density at radius 2 is 2.11 bits per heavy atom. The van der Waals surface area contributed by atoms with Crippen molar-refractivity contribution >= 4 is 23.4 Å². The summed E-state index contributed by atoms with van der Waals surface area (Å²) in [6.07, 6.45) is 1.47. The van der Waals surface area contributed by atoms with Crippen molar-refractivity contribution in [3.8, 4) is 0 Å². The summed E-state index contributed by atoms with van der Waals surface area (Å²) in [5.74, 6) is -1.27. The van der Waals surface area contributed by atoms with Gasteiger partial charge in [0.15, 0.2) is 5.16 Å². The van der Waals surface area contributed by atoms with Gasteiger partial charge in [-0.2, -0.15) is 0 Å². The molecule has 0 aliphatic heterocycles. The highest BCUT2D eigenvalue weighted by molar-refractivity contribution is 7.99. The number of nitrogens with zero attached hydrogens (tertiary/aromatic N) is 4. The summed E-state index contributed by atoms with van der Waals surface area (Å²) in [6, 6.07) is 9.88. The van der Waals surface area contributed by atoms with Gasteiger partial charge in [-0.1, -0.05) is 18.2 Å². The molecule has 3 aromatic rings. The maximum absolute atomic E-state index is 13.6. The Morgan fingerprint density at radius 1 is 1.33 bits per heavy atom. The molecule has 2 aromatic carbocycles. The molecule has 0 N–H and O–H groups in total. The summed E-state index contributed by atoms with van der Waals surface area (Å²) in [4.78, 5) is 23.3. The van der Waals surface area contributed by atoms with Crippen LogP contribution in [0.25, 0.3) is 0 Å². The topological polar surface area (TPSA) is 100 Å². The second kappa shape index (κ2) is 7.96. The molecule has 0 atom stereocenters. The molecule has 8 nitrogen and oxygen atoms in total. The zero-order valence-corrected chi connectivity index (χ0v) is 14.9. The van der Waals surface area contributed by atoms with Crippen LogP contribution in [0.3, 0.4) is 0 Å². The molecule has 10 heteroatoms. The van der Waals surface area contributed by atoms with Crippen molar-refractivity contribution < 1.29 is 18.8 Å². The van der Waals surface area contributed by atoms with E-state index in [1.54, 1.807) is 17.7 Å². The predicted molar refractivity (Wildman–Crippen MR) is 93.7 cm³/mol. The molecular weight excluding hydrogens is 375 g/mol. The molecule has 0 saturated heterocycles. The van der Waals surface area contributed by atoms with E-state index in [0.29, 0.717) is 10.1 Å². The van der Waals surface area contributed by atoms with Crippen LogP contribution >= 0.6 is 11.8 Å². The molecule has 0 fully saturated rings. The molecule has 0 amide bonds. The van der Waals surface area contributed by atoms with Gasteiger partial charge in [0.05, 0.1) is 15.4 Å². The Kier molecular flexibility index (Phi) is 5.46. The van der Waals surface area contributed by atoms with Crippen LogP contribution in [0.5, 0.6) is 0 Å². The zero-order valence-electron chi connectivity index (χ0n) is 14.0. The van der Waals surface area contributed by atoms with Crippen LogP contribution in [-0.2, 0) is 18.4 Å². The molecule has 138 valence electrons. The first-order valence-corrected chi connectivity index (χ1v) is 8.48. The highest BCUT2D eigenvalue weighted by Crippen LogP contribution is 2.34. The van der Waals surface area contributed by atoms with Crippen LogP contribution in [0.4, 0.5) is 10.1 Å². The fraction of sp³-hybridized carbons (Fsp3) is 0.118. The number of hydrogen-bond acceptors (Lipinski definition) is 7. The third-order valence-corrected chi connectivity index (χ3v) is 4.70. The first-order valence-electron chi connectivity index (χ1n) is 7.66. The van der Waals surface area contributed by atoms with Gasteiger partial charge in [0.25, 0.3) is 5.69 Å². The lowest BCUT2D eigenvalue weighted by Gasteiger charge is -2.07. The van der Waals surface area contributed by atoms with Gasteiger partial charge in [0.1, 0.15) is 18.8 Å². The number of ether oxygens (including phenoxy) is 1. The van der Waals surface area contributed by atoms with E-state index >= 15 is 0 Å². The molecule has 27 heavy (non-hydrogen) atoms. The minimum atomic E-state index is -0.781. The Balaban J connectivity index is 1.79. The lowest BCUT2D eigenvalue weighted by Crippen LogP contribution is -2.07. The van der Waals surface area contributed by atoms with E-state index in [2.05, 4.69) is 10.2 Å². The summed E-state index contributed by atoms with van der Waals surface area (Å²) in [6.45, 7) is -0.269. The molecule has 0 spiro atoms. The van der Waals surface area contributed by atoms with E-state index in [1.165, 1.54) is 36.7 Å². The number of carbonyl (C=O) groups excluding carboxylic acids is 1. The molecule has 3 rings (SSSR count). The van der Waals surface area contributed by atoms with E-state index in [0.717, 1.165) is 17.8 Å². The second-order valence-electron chi connectivity index (χ2n) is 5.43. The molecule has 0 unspecified atom stereocenters. The quantitative estimate of drug-likeness (QED) is 0.362. The average molecular weight is 388 g/mol. The zero-order chi connectivity index (χ0) is 19.4. The van der Waals surface area contributed by atoms with Crippen molar-refractivity contribution in [3.05, 3.63) is 75.9 Å². The number of carbonyl (C=O) groups is 1. The van der Waals surface area contributed by atoms with Gasteiger partial charge in [0.2, 0.25) is 0 Å². The van der Waals surface area contributed by atoms with Crippen LogP contribution in [0.2, 0.25) is 0 Å². The lowest BCUT2D eigenvalue weighted by atomic mass is 10.2. The first-order chi connectivity index (χ1) is 13.0. The van der Waals surface area contributed by atoms with Gasteiger partial charge in [-0.25, -0.2) is 9.18 Å². The van der Waals surface area contributed by atoms with Crippen LogP contribution in [0.15, 0.2) is 58.8 Å². The van der Waals surface area contributed by atoms with E-state index in [4.69, 9.17) is 4.74 Å². The summed E-state index contributed by atoms with van der Waals surface area (Å²) in [7, 11) is 1.71. The average Bonchev–Trinajstić information content (AvgIpc) is 3.05. The van der Waals surface area contributed by atoms with Crippen molar-refractivity contribution in [2.45, 2.75) is 16.7 Å². The smallest absolute Gasteiger partial charge is 0.338 e. The standard InChI is InChI=1S/C17H13FN4O4S/c1-21-10-19-20-17(21)27-15-7-6-11(8-14(15)22(24)25)16(23)26-9-12-4-2-3-5-13(12)18/h2-8,10H,9H2,1H3. The molecule has 1 aromatic heterocycles. The van der Waals surface area contributed by atoms with E-state index in [-0.39, 0.29) is 23.4 Å². The summed E-state index contributed by atoms with van der Waals surface area (Å²) >= 11 is 1.05. The number of aromatic nitrogens is 3. The van der Waals surface area contributed by atoms with Crippen LogP contribution in [0.1, 0.15) is 15.9 Å². The number of benzene rings is 2. The molecule has 1 heterocycles. The van der Waals surface area contributed by atoms with E-state index < -0.39 is 16.7 Å². The van der Waals surface area contributed by atoms with Crippen LogP contribution in [0, 0.1) is 15.9 Å².